The molecule has 18 heavy (non-hydrogen) atoms. The zero-order chi connectivity index (χ0) is 13.5. The van der Waals surface area contributed by atoms with E-state index in [9.17, 15) is 4.79 Å². The van der Waals surface area contributed by atoms with Crippen molar-refractivity contribution in [3.05, 3.63) is 23.3 Å². The summed E-state index contributed by atoms with van der Waals surface area (Å²) in [7, 11) is 3.22. The molecule has 1 aromatic rings. The molecule has 4 nitrogen and oxygen atoms in total. The first-order valence-corrected chi connectivity index (χ1v) is 6.75. The molecule has 0 atom stereocenters. The molecule has 0 aromatic heterocycles. The van der Waals surface area contributed by atoms with Crippen LogP contribution in [-0.2, 0) is 10.5 Å². The van der Waals surface area contributed by atoms with E-state index in [0.717, 1.165) is 16.9 Å². The summed E-state index contributed by atoms with van der Waals surface area (Å²) >= 11 is 1.60. The van der Waals surface area contributed by atoms with Crippen LogP contribution >= 0.6 is 11.8 Å². The van der Waals surface area contributed by atoms with Crippen molar-refractivity contribution in [2.45, 2.75) is 19.1 Å². The average Bonchev–Trinajstić information content (AvgIpc) is 2.35. The Labute approximate surface area is 111 Å². The maximum atomic E-state index is 10.4. The minimum absolute atomic E-state index is 0.191. The normalized spacial score (nSPS) is 10.2. The fraction of sp³-hybridized carbons (Fsp3) is 0.462. The molecule has 0 saturated heterocycles. The van der Waals surface area contributed by atoms with Crippen molar-refractivity contribution < 1.29 is 19.4 Å². The second kappa shape index (κ2) is 7.16. The average molecular weight is 270 g/mol. The number of rotatable bonds is 7. The molecule has 0 aliphatic heterocycles. The van der Waals surface area contributed by atoms with E-state index in [4.69, 9.17) is 14.6 Å². The Morgan fingerprint density at radius 3 is 2.44 bits per heavy atom. The predicted molar refractivity (Wildman–Crippen MR) is 72.7 cm³/mol. The van der Waals surface area contributed by atoms with Gasteiger partial charge in [0.05, 0.1) is 20.6 Å². The van der Waals surface area contributed by atoms with Crippen LogP contribution < -0.4 is 9.47 Å². The number of methoxy groups -OCH3 is 2. The summed E-state index contributed by atoms with van der Waals surface area (Å²) in [6.45, 7) is 2.01. The van der Waals surface area contributed by atoms with Crippen LogP contribution in [0.2, 0.25) is 0 Å². The van der Waals surface area contributed by atoms with Crippen molar-refractivity contribution in [1.29, 1.82) is 0 Å². The fourth-order valence-electron chi connectivity index (χ4n) is 1.52. The van der Waals surface area contributed by atoms with Crippen LogP contribution in [0.4, 0.5) is 0 Å². The lowest BCUT2D eigenvalue weighted by molar-refractivity contribution is -0.136. The van der Waals surface area contributed by atoms with E-state index in [-0.39, 0.29) is 6.42 Å². The van der Waals surface area contributed by atoms with Crippen LogP contribution in [0.1, 0.15) is 17.5 Å². The summed E-state index contributed by atoms with van der Waals surface area (Å²) in [5, 5.41) is 8.57. The predicted octanol–water partition coefficient (Wildman–Crippen LogP) is 2.72. The van der Waals surface area contributed by atoms with Crippen molar-refractivity contribution in [2.75, 3.05) is 20.0 Å². The molecule has 1 rings (SSSR count). The van der Waals surface area contributed by atoms with Gasteiger partial charge in [0.25, 0.3) is 0 Å². The lowest BCUT2D eigenvalue weighted by Crippen LogP contribution is -1.98. The van der Waals surface area contributed by atoms with Crippen molar-refractivity contribution >= 4 is 17.7 Å². The minimum Gasteiger partial charge on any atom is -0.493 e. The summed E-state index contributed by atoms with van der Waals surface area (Å²) in [6.07, 6.45) is 0.191. The molecule has 100 valence electrons. The standard InChI is InChI=1S/C13H18O4S/c1-9-6-11(16-2)12(17-3)7-10(9)8-18-5-4-13(14)15/h6-7H,4-5,8H2,1-3H3,(H,14,15). The van der Waals surface area contributed by atoms with Crippen molar-refractivity contribution in [1.82, 2.24) is 0 Å². The van der Waals surface area contributed by atoms with Crippen molar-refractivity contribution in [3.8, 4) is 11.5 Å². The maximum absolute atomic E-state index is 10.4. The highest BCUT2D eigenvalue weighted by Gasteiger charge is 2.08. The van der Waals surface area contributed by atoms with Gasteiger partial charge in [0.2, 0.25) is 0 Å². The molecule has 0 bridgehead atoms. The quantitative estimate of drug-likeness (QED) is 0.772. The van der Waals surface area contributed by atoms with E-state index in [1.165, 1.54) is 0 Å². The van der Waals surface area contributed by atoms with E-state index in [1.54, 1.807) is 26.0 Å². The second-order valence-electron chi connectivity index (χ2n) is 3.83. The molecule has 0 unspecified atom stereocenters. The number of hydrogen-bond acceptors (Lipinski definition) is 4. The van der Waals surface area contributed by atoms with Gasteiger partial charge in [-0.15, -0.1) is 0 Å². The number of thioether (sulfide) groups is 1. The van der Waals surface area contributed by atoms with Crippen LogP contribution in [0.5, 0.6) is 11.5 Å². The van der Waals surface area contributed by atoms with Gasteiger partial charge in [-0.25, -0.2) is 0 Å². The number of carboxylic acid groups (broad SMARTS) is 1. The molecule has 1 N–H and O–H groups in total. The third-order valence-corrected chi connectivity index (χ3v) is 3.57. The van der Waals surface area contributed by atoms with Crippen LogP contribution in [0.3, 0.4) is 0 Å². The van der Waals surface area contributed by atoms with Gasteiger partial charge < -0.3 is 14.6 Å². The molecule has 1 aromatic carbocycles. The zero-order valence-electron chi connectivity index (χ0n) is 10.9. The van der Waals surface area contributed by atoms with Gasteiger partial charge in [0, 0.05) is 11.5 Å². The summed E-state index contributed by atoms with van der Waals surface area (Å²) in [5.74, 6) is 2.06. The topological polar surface area (TPSA) is 55.8 Å². The second-order valence-corrected chi connectivity index (χ2v) is 4.94. The highest BCUT2D eigenvalue weighted by Crippen LogP contribution is 2.31. The number of aryl methyl sites for hydroxylation is 1. The number of ether oxygens (including phenoxy) is 2. The van der Waals surface area contributed by atoms with Crippen LogP contribution in [0.15, 0.2) is 12.1 Å². The number of carboxylic acids is 1. The third kappa shape index (κ3) is 4.14. The molecule has 5 heteroatoms. The summed E-state index contributed by atoms with van der Waals surface area (Å²) < 4.78 is 10.5. The van der Waals surface area contributed by atoms with Crippen LogP contribution in [0.25, 0.3) is 0 Å². The number of benzene rings is 1. The number of carbonyl (C=O) groups is 1. The summed E-state index contributed by atoms with van der Waals surface area (Å²) in [5.41, 5.74) is 2.26. The van der Waals surface area contributed by atoms with E-state index in [2.05, 4.69) is 0 Å². The van der Waals surface area contributed by atoms with E-state index in [1.807, 2.05) is 19.1 Å². The largest absolute Gasteiger partial charge is 0.493 e. The highest BCUT2D eigenvalue weighted by molar-refractivity contribution is 7.98. The van der Waals surface area contributed by atoms with Crippen molar-refractivity contribution in [3.63, 3.8) is 0 Å². The molecule has 0 radical (unpaired) electrons. The maximum Gasteiger partial charge on any atom is 0.304 e. The summed E-state index contributed by atoms with van der Waals surface area (Å²) in [6, 6.07) is 3.88. The first kappa shape index (κ1) is 14.7. The molecule has 0 amide bonds. The Kier molecular flexibility index (Phi) is 5.85. The first-order chi connectivity index (χ1) is 8.58. The van der Waals surface area contributed by atoms with Crippen molar-refractivity contribution in [2.24, 2.45) is 0 Å². The first-order valence-electron chi connectivity index (χ1n) is 5.59. The van der Waals surface area contributed by atoms with Gasteiger partial charge >= 0.3 is 5.97 Å². The van der Waals surface area contributed by atoms with Gasteiger partial charge in [0.1, 0.15) is 0 Å². The number of hydrogen-bond donors (Lipinski definition) is 1. The van der Waals surface area contributed by atoms with E-state index in [0.29, 0.717) is 17.3 Å². The van der Waals surface area contributed by atoms with Gasteiger partial charge in [-0.1, -0.05) is 0 Å². The highest BCUT2D eigenvalue weighted by atomic mass is 32.2. The zero-order valence-corrected chi connectivity index (χ0v) is 11.7. The van der Waals surface area contributed by atoms with Gasteiger partial charge in [-0.3, -0.25) is 4.79 Å². The number of aliphatic carboxylic acids is 1. The van der Waals surface area contributed by atoms with Crippen LogP contribution in [0, 0.1) is 6.92 Å². The fourth-order valence-corrected chi connectivity index (χ4v) is 2.51. The molecule has 0 spiro atoms. The van der Waals surface area contributed by atoms with Gasteiger partial charge in [-0.2, -0.15) is 11.8 Å². The Morgan fingerprint density at radius 1 is 1.28 bits per heavy atom. The Balaban J connectivity index is 2.68. The molecular formula is C13H18O4S. The SMILES string of the molecule is COc1cc(C)c(CSCCC(=O)O)cc1OC. The lowest BCUT2D eigenvalue weighted by Gasteiger charge is -2.12. The molecular weight excluding hydrogens is 252 g/mol. The summed E-state index contributed by atoms with van der Waals surface area (Å²) in [4.78, 5) is 10.4. The molecule has 0 saturated carbocycles. The van der Waals surface area contributed by atoms with Crippen LogP contribution in [-0.4, -0.2) is 31.0 Å². The monoisotopic (exact) mass is 270 g/mol. The minimum atomic E-state index is -0.758. The Hall–Kier alpha value is -1.36. The third-order valence-electron chi connectivity index (χ3n) is 2.56. The molecule has 0 aliphatic carbocycles. The Morgan fingerprint density at radius 2 is 1.89 bits per heavy atom. The molecule has 0 fully saturated rings. The Bertz CT molecular complexity index is 418. The smallest absolute Gasteiger partial charge is 0.304 e. The van der Waals surface area contributed by atoms with E-state index < -0.39 is 5.97 Å². The lowest BCUT2D eigenvalue weighted by atomic mass is 10.1. The van der Waals surface area contributed by atoms with Gasteiger partial charge in [0.15, 0.2) is 11.5 Å². The van der Waals surface area contributed by atoms with Gasteiger partial charge in [-0.05, 0) is 30.2 Å². The van der Waals surface area contributed by atoms with E-state index >= 15 is 0 Å². The molecule has 0 heterocycles. The molecule has 0 aliphatic rings.